The van der Waals surface area contributed by atoms with Crippen LogP contribution in [0, 0.1) is 0 Å². The van der Waals surface area contributed by atoms with Gasteiger partial charge >= 0.3 is 13.8 Å². The van der Waals surface area contributed by atoms with E-state index in [-0.39, 0.29) is 32.3 Å². The van der Waals surface area contributed by atoms with Crippen molar-refractivity contribution in [2.75, 3.05) is 33.0 Å². The summed E-state index contributed by atoms with van der Waals surface area (Å²) in [5.74, 6) is -0.343. The van der Waals surface area contributed by atoms with E-state index >= 15 is 0 Å². The van der Waals surface area contributed by atoms with E-state index in [4.69, 9.17) is 24.3 Å². The summed E-state index contributed by atoms with van der Waals surface area (Å²) in [6.45, 7) is 4.85. The minimum absolute atomic E-state index is 0.0956. The lowest BCUT2D eigenvalue weighted by Crippen LogP contribution is -2.28. The molecule has 0 aliphatic heterocycles. The number of nitrogens with two attached hydrogens (primary N) is 1. The molecule has 0 fully saturated rings. The number of hydrogen-bond donors (Lipinski definition) is 2. The molecular formula is C44H82NO7P. The van der Waals surface area contributed by atoms with Crippen molar-refractivity contribution in [2.45, 2.75) is 193 Å². The first kappa shape index (κ1) is 51.5. The Hall–Kier alpha value is -1.54. The van der Waals surface area contributed by atoms with Gasteiger partial charge in [-0.05, 0) is 77.0 Å². The Morgan fingerprint density at radius 3 is 1.51 bits per heavy atom. The standard InChI is InChI=1S/C44H82NO7P/c1-3-5-7-9-11-13-15-17-19-21-22-23-25-27-29-31-33-35-37-44(46)52-43(42-51-53(47,48)50-40-38-45)41-49-39-36-34-32-30-28-26-24-20-18-16-14-12-10-8-6-4-2/h12-15,18-21,43H,3-11,16-17,22-42,45H2,1-2H3,(H,47,48)/b14-12-,15-13-,20-18-,21-19-. The zero-order chi connectivity index (χ0) is 38.8. The van der Waals surface area contributed by atoms with Crippen LogP contribution in [0.25, 0.3) is 0 Å². The molecule has 310 valence electrons. The third-order valence-corrected chi connectivity index (χ3v) is 9.95. The summed E-state index contributed by atoms with van der Waals surface area (Å²) in [6, 6.07) is 0. The maximum Gasteiger partial charge on any atom is 0.472 e. The average molecular weight is 768 g/mol. The SMILES string of the molecule is CCCCC/C=C\C/C=C\CCCCCCCCOCC(COP(=O)(O)OCCN)OC(=O)CCCCCCCCC/C=C\C/C=C\CCCCCC. The molecule has 8 nitrogen and oxygen atoms in total. The van der Waals surface area contributed by atoms with Crippen LogP contribution in [0.3, 0.4) is 0 Å². The molecule has 0 aromatic heterocycles. The minimum Gasteiger partial charge on any atom is -0.457 e. The predicted octanol–water partition coefficient (Wildman–Crippen LogP) is 12.8. The first-order valence-corrected chi connectivity index (χ1v) is 23.1. The molecule has 0 aliphatic carbocycles. The summed E-state index contributed by atoms with van der Waals surface area (Å²) in [7, 11) is -4.28. The van der Waals surface area contributed by atoms with Crippen LogP contribution in [0.15, 0.2) is 48.6 Å². The van der Waals surface area contributed by atoms with Crippen molar-refractivity contribution < 1.29 is 32.8 Å². The van der Waals surface area contributed by atoms with Crippen LogP contribution in [0.2, 0.25) is 0 Å². The minimum atomic E-state index is -4.28. The van der Waals surface area contributed by atoms with E-state index in [1.807, 2.05) is 0 Å². The summed E-state index contributed by atoms with van der Waals surface area (Å²) in [6.07, 6.45) is 48.3. The molecule has 9 heteroatoms. The summed E-state index contributed by atoms with van der Waals surface area (Å²) < 4.78 is 33.4. The largest absolute Gasteiger partial charge is 0.472 e. The van der Waals surface area contributed by atoms with Gasteiger partial charge in [0.2, 0.25) is 0 Å². The van der Waals surface area contributed by atoms with E-state index in [1.54, 1.807) is 0 Å². The third-order valence-electron chi connectivity index (χ3n) is 8.97. The topological polar surface area (TPSA) is 117 Å². The van der Waals surface area contributed by atoms with Gasteiger partial charge in [-0.1, -0.05) is 152 Å². The van der Waals surface area contributed by atoms with E-state index in [0.29, 0.717) is 13.0 Å². The van der Waals surface area contributed by atoms with Crippen molar-refractivity contribution >= 4 is 13.8 Å². The Labute approximate surface area is 326 Å². The zero-order valence-electron chi connectivity index (χ0n) is 34.2. The summed E-state index contributed by atoms with van der Waals surface area (Å²) in [4.78, 5) is 22.5. The lowest BCUT2D eigenvalue weighted by atomic mass is 10.1. The van der Waals surface area contributed by atoms with Gasteiger partial charge in [-0.25, -0.2) is 4.57 Å². The maximum atomic E-state index is 12.6. The molecule has 0 aliphatic rings. The number of allylic oxidation sites excluding steroid dienone is 8. The first-order valence-electron chi connectivity index (χ1n) is 21.6. The Morgan fingerprint density at radius 1 is 0.566 bits per heavy atom. The molecule has 0 radical (unpaired) electrons. The van der Waals surface area contributed by atoms with E-state index in [0.717, 1.165) is 64.2 Å². The number of carbonyl (C=O) groups excluding carboxylic acids is 1. The molecule has 0 bridgehead atoms. The van der Waals surface area contributed by atoms with Crippen LogP contribution < -0.4 is 5.73 Å². The van der Waals surface area contributed by atoms with Crippen LogP contribution in [0.4, 0.5) is 0 Å². The fourth-order valence-corrected chi connectivity index (χ4v) is 6.53. The van der Waals surface area contributed by atoms with Gasteiger partial charge in [-0.2, -0.15) is 0 Å². The highest BCUT2D eigenvalue weighted by Gasteiger charge is 2.25. The van der Waals surface area contributed by atoms with Gasteiger partial charge in [-0.3, -0.25) is 13.8 Å². The molecule has 0 aromatic carbocycles. The van der Waals surface area contributed by atoms with E-state index in [9.17, 15) is 14.3 Å². The smallest absolute Gasteiger partial charge is 0.457 e. The molecule has 53 heavy (non-hydrogen) atoms. The summed E-state index contributed by atoms with van der Waals surface area (Å²) in [5, 5.41) is 0. The van der Waals surface area contributed by atoms with Crippen molar-refractivity contribution in [3.05, 3.63) is 48.6 Å². The molecular weight excluding hydrogens is 685 g/mol. The molecule has 0 aromatic rings. The van der Waals surface area contributed by atoms with Gasteiger partial charge in [0.15, 0.2) is 0 Å². The maximum absolute atomic E-state index is 12.6. The Kier molecular flexibility index (Phi) is 40.4. The quantitative estimate of drug-likeness (QED) is 0.0273. The number of carbonyl (C=O) groups is 1. The Bertz CT molecular complexity index is 952. The van der Waals surface area contributed by atoms with Crippen molar-refractivity contribution in [2.24, 2.45) is 5.73 Å². The number of unbranched alkanes of at least 4 members (excludes halogenated alkanes) is 20. The fourth-order valence-electron chi connectivity index (χ4n) is 5.76. The number of phosphoric ester groups is 1. The van der Waals surface area contributed by atoms with Gasteiger partial charge < -0.3 is 20.1 Å². The molecule has 3 N–H and O–H groups in total. The van der Waals surface area contributed by atoms with E-state index in [2.05, 4.69) is 62.5 Å². The highest BCUT2D eigenvalue weighted by atomic mass is 31.2. The third kappa shape index (κ3) is 41.5. The lowest BCUT2D eigenvalue weighted by molar-refractivity contribution is -0.154. The van der Waals surface area contributed by atoms with Crippen molar-refractivity contribution in [1.82, 2.24) is 0 Å². The van der Waals surface area contributed by atoms with E-state index in [1.165, 1.54) is 103 Å². The number of esters is 1. The molecule has 0 rings (SSSR count). The summed E-state index contributed by atoms with van der Waals surface area (Å²) in [5.41, 5.74) is 5.37. The second-order valence-electron chi connectivity index (χ2n) is 14.2. The molecule has 0 saturated heterocycles. The highest BCUT2D eigenvalue weighted by molar-refractivity contribution is 7.47. The average Bonchev–Trinajstić information content (AvgIpc) is 3.15. The molecule has 0 saturated carbocycles. The Morgan fingerprint density at radius 2 is 1.00 bits per heavy atom. The summed E-state index contributed by atoms with van der Waals surface area (Å²) >= 11 is 0. The van der Waals surface area contributed by atoms with E-state index < -0.39 is 13.9 Å². The van der Waals surface area contributed by atoms with Crippen LogP contribution in [-0.2, 0) is 27.9 Å². The van der Waals surface area contributed by atoms with Crippen LogP contribution >= 0.6 is 7.82 Å². The van der Waals surface area contributed by atoms with Crippen LogP contribution in [0.5, 0.6) is 0 Å². The monoisotopic (exact) mass is 768 g/mol. The number of ether oxygens (including phenoxy) is 2. The van der Waals surface area contributed by atoms with Gasteiger partial charge in [0.25, 0.3) is 0 Å². The van der Waals surface area contributed by atoms with Crippen molar-refractivity contribution in [3.63, 3.8) is 0 Å². The van der Waals surface area contributed by atoms with Crippen LogP contribution in [-0.4, -0.2) is 49.9 Å². The number of rotatable bonds is 41. The Balaban J connectivity index is 4.07. The van der Waals surface area contributed by atoms with Crippen molar-refractivity contribution in [3.8, 4) is 0 Å². The van der Waals surface area contributed by atoms with Gasteiger partial charge in [0.1, 0.15) is 6.10 Å². The number of phosphoric acid groups is 1. The second-order valence-corrected chi connectivity index (χ2v) is 15.7. The van der Waals surface area contributed by atoms with Gasteiger partial charge in [0.05, 0.1) is 19.8 Å². The highest BCUT2D eigenvalue weighted by Crippen LogP contribution is 2.43. The lowest BCUT2D eigenvalue weighted by Gasteiger charge is -2.20. The zero-order valence-corrected chi connectivity index (χ0v) is 35.1. The molecule has 2 atom stereocenters. The molecule has 0 amide bonds. The molecule has 2 unspecified atom stereocenters. The molecule has 0 heterocycles. The molecule has 0 spiro atoms. The fraction of sp³-hybridized carbons (Fsp3) is 0.795. The second kappa shape index (κ2) is 41.6. The van der Waals surface area contributed by atoms with Crippen molar-refractivity contribution in [1.29, 1.82) is 0 Å². The van der Waals surface area contributed by atoms with Crippen LogP contribution in [0.1, 0.15) is 187 Å². The number of hydrogen-bond acceptors (Lipinski definition) is 7. The predicted molar refractivity (Wildman–Crippen MR) is 224 cm³/mol. The normalized spacial score (nSPS) is 14.0. The first-order chi connectivity index (χ1) is 25.9. The van der Waals surface area contributed by atoms with Gasteiger partial charge in [0, 0.05) is 19.6 Å². The van der Waals surface area contributed by atoms with Gasteiger partial charge in [-0.15, -0.1) is 0 Å².